The van der Waals surface area contributed by atoms with Crippen molar-refractivity contribution in [2.24, 2.45) is 11.8 Å². The SMILES string of the molecule is CCCC(CCBr)CNC(=O)C1CCC(F)(F)C1. The molecule has 1 aliphatic carbocycles. The normalized spacial score (nSPS) is 23.9. The van der Waals surface area contributed by atoms with Gasteiger partial charge in [0.15, 0.2) is 0 Å². The maximum Gasteiger partial charge on any atom is 0.248 e. The van der Waals surface area contributed by atoms with Crippen molar-refractivity contribution in [1.29, 1.82) is 0 Å². The van der Waals surface area contributed by atoms with E-state index < -0.39 is 11.8 Å². The van der Waals surface area contributed by atoms with Crippen LogP contribution in [-0.2, 0) is 4.79 Å². The minimum atomic E-state index is -2.64. The quantitative estimate of drug-likeness (QED) is 0.710. The standard InChI is InChI=1S/C13H22BrF2NO/c1-2-3-10(5-7-14)9-17-12(18)11-4-6-13(15,16)8-11/h10-11H,2-9H2,1H3,(H,17,18). The number of hydrogen-bond donors (Lipinski definition) is 1. The lowest BCUT2D eigenvalue weighted by Gasteiger charge is -2.17. The Bertz CT molecular complexity index is 268. The van der Waals surface area contributed by atoms with Crippen molar-refractivity contribution in [3.63, 3.8) is 0 Å². The average Bonchev–Trinajstić information content (AvgIpc) is 2.67. The molecule has 0 bridgehead atoms. The highest BCUT2D eigenvalue weighted by atomic mass is 79.9. The third kappa shape index (κ3) is 5.21. The van der Waals surface area contributed by atoms with Crippen LogP contribution in [0.1, 0.15) is 45.4 Å². The van der Waals surface area contributed by atoms with E-state index in [0.717, 1.165) is 24.6 Å². The van der Waals surface area contributed by atoms with E-state index in [1.165, 1.54) is 0 Å². The van der Waals surface area contributed by atoms with Gasteiger partial charge < -0.3 is 5.32 Å². The number of halogens is 3. The third-order valence-corrected chi connectivity index (χ3v) is 4.01. The molecule has 1 N–H and O–H groups in total. The van der Waals surface area contributed by atoms with Crippen molar-refractivity contribution >= 4 is 21.8 Å². The Morgan fingerprint density at radius 2 is 2.22 bits per heavy atom. The maximum absolute atomic E-state index is 13.0. The molecule has 1 rings (SSSR count). The summed E-state index contributed by atoms with van der Waals surface area (Å²) >= 11 is 3.40. The first-order valence-electron chi connectivity index (χ1n) is 6.70. The van der Waals surface area contributed by atoms with Crippen LogP contribution < -0.4 is 5.32 Å². The van der Waals surface area contributed by atoms with Gasteiger partial charge in [-0.2, -0.15) is 0 Å². The summed E-state index contributed by atoms with van der Waals surface area (Å²) in [7, 11) is 0. The lowest BCUT2D eigenvalue weighted by atomic mass is 10.00. The van der Waals surface area contributed by atoms with Crippen LogP contribution in [0.2, 0.25) is 0 Å². The molecule has 106 valence electrons. The number of carbonyl (C=O) groups is 1. The Kier molecular flexibility index (Phi) is 6.53. The first-order valence-corrected chi connectivity index (χ1v) is 7.82. The van der Waals surface area contributed by atoms with Gasteiger partial charge in [0, 0.05) is 30.6 Å². The van der Waals surface area contributed by atoms with Crippen LogP contribution in [0.4, 0.5) is 8.78 Å². The predicted molar refractivity (Wildman–Crippen MR) is 72.1 cm³/mol. The fourth-order valence-corrected chi connectivity index (χ4v) is 3.12. The Morgan fingerprint density at radius 3 is 2.72 bits per heavy atom. The first-order chi connectivity index (χ1) is 8.48. The molecule has 1 fully saturated rings. The van der Waals surface area contributed by atoms with Gasteiger partial charge in [0.2, 0.25) is 11.8 Å². The van der Waals surface area contributed by atoms with Gasteiger partial charge in [0.1, 0.15) is 0 Å². The molecule has 0 aliphatic heterocycles. The number of rotatable bonds is 7. The van der Waals surface area contributed by atoms with Crippen molar-refractivity contribution in [3.8, 4) is 0 Å². The zero-order chi connectivity index (χ0) is 13.6. The van der Waals surface area contributed by atoms with Crippen LogP contribution >= 0.6 is 15.9 Å². The Morgan fingerprint density at radius 1 is 1.50 bits per heavy atom. The third-order valence-electron chi connectivity index (χ3n) is 3.55. The van der Waals surface area contributed by atoms with Gasteiger partial charge in [0.25, 0.3) is 0 Å². The summed E-state index contributed by atoms with van der Waals surface area (Å²) < 4.78 is 26.0. The fraction of sp³-hybridized carbons (Fsp3) is 0.923. The molecule has 1 amide bonds. The van der Waals surface area contributed by atoms with Gasteiger partial charge in [-0.05, 0) is 25.2 Å². The highest BCUT2D eigenvalue weighted by molar-refractivity contribution is 9.09. The second-order valence-corrected chi connectivity index (χ2v) is 5.97. The molecule has 0 radical (unpaired) electrons. The summed E-state index contributed by atoms with van der Waals surface area (Å²) in [6.45, 7) is 2.72. The Balaban J connectivity index is 2.31. The molecule has 1 aliphatic rings. The largest absolute Gasteiger partial charge is 0.356 e. The minimum Gasteiger partial charge on any atom is -0.356 e. The van der Waals surface area contributed by atoms with E-state index in [9.17, 15) is 13.6 Å². The molecule has 0 aromatic heterocycles. The van der Waals surface area contributed by atoms with Gasteiger partial charge in [-0.25, -0.2) is 8.78 Å². The zero-order valence-electron chi connectivity index (χ0n) is 10.9. The number of alkyl halides is 3. The summed E-state index contributed by atoms with van der Waals surface area (Å²) in [4.78, 5) is 11.8. The van der Waals surface area contributed by atoms with Crippen molar-refractivity contribution < 1.29 is 13.6 Å². The van der Waals surface area contributed by atoms with E-state index >= 15 is 0 Å². The summed E-state index contributed by atoms with van der Waals surface area (Å²) in [5, 5.41) is 3.75. The molecule has 0 heterocycles. The molecule has 0 aromatic carbocycles. The number of carbonyl (C=O) groups excluding carboxylic acids is 1. The monoisotopic (exact) mass is 325 g/mol. The lowest BCUT2D eigenvalue weighted by Crippen LogP contribution is -2.34. The van der Waals surface area contributed by atoms with Crippen LogP contribution in [0.3, 0.4) is 0 Å². The lowest BCUT2D eigenvalue weighted by molar-refractivity contribution is -0.126. The van der Waals surface area contributed by atoms with Gasteiger partial charge in [-0.3, -0.25) is 4.79 Å². The van der Waals surface area contributed by atoms with Gasteiger partial charge in [-0.1, -0.05) is 29.3 Å². The molecular weight excluding hydrogens is 304 g/mol. The van der Waals surface area contributed by atoms with Crippen molar-refractivity contribution in [2.75, 3.05) is 11.9 Å². The smallest absolute Gasteiger partial charge is 0.248 e. The van der Waals surface area contributed by atoms with Crippen LogP contribution in [-0.4, -0.2) is 23.7 Å². The predicted octanol–water partition coefficient (Wildman–Crippen LogP) is 3.74. The number of hydrogen-bond acceptors (Lipinski definition) is 1. The molecular formula is C13H22BrF2NO. The molecule has 18 heavy (non-hydrogen) atoms. The topological polar surface area (TPSA) is 29.1 Å². The molecule has 2 atom stereocenters. The first kappa shape index (κ1) is 15.9. The van der Waals surface area contributed by atoms with Crippen molar-refractivity contribution in [1.82, 2.24) is 5.32 Å². The molecule has 2 unspecified atom stereocenters. The van der Waals surface area contributed by atoms with Crippen LogP contribution in [0, 0.1) is 11.8 Å². The molecule has 2 nitrogen and oxygen atoms in total. The van der Waals surface area contributed by atoms with Crippen LogP contribution in [0.15, 0.2) is 0 Å². The summed E-state index contributed by atoms with van der Waals surface area (Å²) in [6.07, 6.45) is 3.03. The van der Waals surface area contributed by atoms with Crippen molar-refractivity contribution in [3.05, 3.63) is 0 Å². The minimum absolute atomic E-state index is 0.148. The molecule has 0 saturated heterocycles. The molecule has 5 heteroatoms. The van der Waals surface area contributed by atoms with Gasteiger partial charge >= 0.3 is 0 Å². The highest BCUT2D eigenvalue weighted by Gasteiger charge is 2.42. The average molecular weight is 326 g/mol. The summed E-state index contributed by atoms with van der Waals surface area (Å²) in [5.41, 5.74) is 0. The number of amides is 1. The Hall–Kier alpha value is -0.190. The molecule has 1 saturated carbocycles. The maximum atomic E-state index is 13.0. The highest BCUT2D eigenvalue weighted by Crippen LogP contribution is 2.38. The van der Waals surface area contributed by atoms with E-state index in [-0.39, 0.29) is 18.7 Å². The number of nitrogens with one attached hydrogen (secondary N) is 1. The zero-order valence-corrected chi connectivity index (χ0v) is 12.4. The second kappa shape index (κ2) is 7.41. The molecule has 0 aromatic rings. The van der Waals surface area contributed by atoms with E-state index in [1.807, 2.05) is 0 Å². The summed E-state index contributed by atoms with van der Waals surface area (Å²) in [6, 6.07) is 0. The van der Waals surface area contributed by atoms with E-state index in [4.69, 9.17) is 0 Å². The van der Waals surface area contributed by atoms with Crippen LogP contribution in [0.5, 0.6) is 0 Å². The van der Waals surface area contributed by atoms with Crippen molar-refractivity contribution in [2.45, 2.75) is 51.4 Å². The summed E-state index contributed by atoms with van der Waals surface area (Å²) in [5.74, 6) is -2.88. The van der Waals surface area contributed by atoms with E-state index in [1.54, 1.807) is 0 Å². The van der Waals surface area contributed by atoms with Gasteiger partial charge in [0.05, 0.1) is 0 Å². The second-order valence-electron chi connectivity index (χ2n) is 5.17. The van der Waals surface area contributed by atoms with Gasteiger partial charge in [-0.15, -0.1) is 0 Å². The fourth-order valence-electron chi connectivity index (χ4n) is 2.47. The van der Waals surface area contributed by atoms with Crippen LogP contribution in [0.25, 0.3) is 0 Å². The molecule has 0 spiro atoms. The Labute approximate surface area is 116 Å². The van der Waals surface area contributed by atoms with E-state index in [0.29, 0.717) is 18.9 Å². The van der Waals surface area contributed by atoms with E-state index in [2.05, 4.69) is 28.2 Å².